The maximum Gasteiger partial charge on any atom is 0.226 e. The summed E-state index contributed by atoms with van der Waals surface area (Å²) in [6, 6.07) is 0. The summed E-state index contributed by atoms with van der Waals surface area (Å²) in [5.41, 5.74) is 1.34. The van der Waals surface area contributed by atoms with E-state index in [1.54, 1.807) is 6.33 Å². The number of fused-ring (bicyclic) bond motifs is 1. The van der Waals surface area contributed by atoms with E-state index in [9.17, 15) is 0 Å². The molecule has 0 bridgehead atoms. The number of anilines is 1. The summed E-state index contributed by atoms with van der Waals surface area (Å²) in [6.07, 6.45) is 3.53. The van der Waals surface area contributed by atoms with Crippen LogP contribution in [0.1, 0.15) is 12.8 Å². The van der Waals surface area contributed by atoms with Crippen molar-refractivity contribution in [3.63, 3.8) is 0 Å². The number of imidazole rings is 1. The summed E-state index contributed by atoms with van der Waals surface area (Å²) >= 11 is 11.4. The Morgan fingerprint density at radius 1 is 1.31 bits per heavy atom. The number of hydrogen-bond donors (Lipinski definition) is 2. The van der Waals surface area contributed by atoms with Crippen LogP contribution in [-0.4, -0.2) is 32.4 Å². The molecule has 0 saturated carbocycles. The molecule has 0 amide bonds. The second-order valence-corrected chi connectivity index (χ2v) is 3.98. The molecule has 2 heterocycles. The second-order valence-electron chi connectivity index (χ2n) is 3.27. The molecule has 0 spiro atoms. The lowest BCUT2D eigenvalue weighted by Gasteiger charge is -2.05. The third-order valence-corrected chi connectivity index (χ3v) is 2.55. The Morgan fingerprint density at radius 2 is 2.19 bits per heavy atom. The van der Waals surface area contributed by atoms with E-state index in [0.717, 1.165) is 24.9 Å². The van der Waals surface area contributed by atoms with Gasteiger partial charge in [-0.05, 0) is 24.4 Å². The van der Waals surface area contributed by atoms with Crippen molar-refractivity contribution in [2.45, 2.75) is 12.8 Å². The monoisotopic (exact) mass is 259 g/mol. The van der Waals surface area contributed by atoms with Crippen molar-refractivity contribution in [1.29, 1.82) is 0 Å². The number of halogens is 2. The van der Waals surface area contributed by atoms with E-state index < -0.39 is 0 Å². The second kappa shape index (κ2) is 5.32. The Labute approximate surface area is 103 Å². The van der Waals surface area contributed by atoms with Crippen LogP contribution >= 0.6 is 23.2 Å². The molecule has 0 aromatic carbocycles. The maximum atomic E-state index is 5.78. The molecule has 5 nitrogen and oxygen atoms in total. The zero-order valence-corrected chi connectivity index (χ0v) is 10.0. The fraction of sp³-hybridized carbons (Fsp3) is 0.444. The molecule has 16 heavy (non-hydrogen) atoms. The van der Waals surface area contributed by atoms with E-state index >= 15 is 0 Å². The highest BCUT2D eigenvalue weighted by atomic mass is 35.5. The molecule has 2 N–H and O–H groups in total. The van der Waals surface area contributed by atoms with Crippen LogP contribution in [0.2, 0.25) is 5.28 Å². The predicted octanol–water partition coefficient (Wildman–Crippen LogP) is 2.44. The van der Waals surface area contributed by atoms with Crippen LogP contribution in [0.25, 0.3) is 11.2 Å². The summed E-state index contributed by atoms with van der Waals surface area (Å²) in [4.78, 5) is 15.1. The zero-order valence-electron chi connectivity index (χ0n) is 8.50. The Hall–Kier alpha value is -1.07. The smallest absolute Gasteiger partial charge is 0.226 e. The molecule has 2 aromatic rings. The van der Waals surface area contributed by atoms with Crippen molar-refractivity contribution >= 4 is 40.2 Å². The average Bonchev–Trinajstić information content (AvgIpc) is 2.72. The molecule has 0 atom stereocenters. The molecule has 7 heteroatoms. The van der Waals surface area contributed by atoms with Crippen LogP contribution in [0.15, 0.2) is 6.33 Å². The fourth-order valence-corrected chi connectivity index (χ4v) is 1.71. The van der Waals surface area contributed by atoms with Crippen LogP contribution < -0.4 is 5.32 Å². The zero-order chi connectivity index (χ0) is 11.4. The van der Waals surface area contributed by atoms with E-state index in [1.165, 1.54) is 0 Å². The Morgan fingerprint density at radius 3 is 3.00 bits per heavy atom. The fourth-order valence-electron chi connectivity index (χ4n) is 1.36. The number of unbranched alkanes of at least 4 members (excludes halogenated alkanes) is 1. The first kappa shape index (κ1) is 11.4. The summed E-state index contributed by atoms with van der Waals surface area (Å²) in [7, 11) is 0. The van der Waals surface area contributed by atoms with Crippen molar-refractivity contribution < 1.29 is 0 Å². The molecule has 2 rings (SSSR count). The number of H-pyrrole nitrogens is 1. The first-order valence-electron chi connectivity index (χ1n) is 4.97. The summed E-state index contributed by atoms with van der Waals surface area (Å²) in [6.45, 7) is 0.800. The molecule has 0 fully saturated rings. The highest BCUT2D eigenvalue weighted by molar-refractivity contribution is 6.28. The molecule has 0 radical (unpaired) electrons. The van der Waals surface area contributed by atoms with Gasteiger partial charge < -0.3 is 10.3 Å². The van der Waals surface area contributed by atoms with Gasteiger partial charge in [-0.25, -0.2) is 4.98 Å². The molecule has 0 aliphatic carbocycles. The lowest BCUT2D eigenvalue weighted by molar-refractivity contribution is 0.836. The van der Waals surface area contributed by atoms with Gasteiger partial charge in [0.1, 0.15) is 5.52 Å². The molecule has 0 aliphatic heterocycles. The van der Waals surface area contributed by atoms with E-state index in [-0.39, 0.29) is 5.28 Å². The van der Waals surface area contributed by atoms with E-state index in [2.05, 4.69) is 25.3 Å². The Bertz CT molecular complexity index is 470. The van der Waals surface area contributed by atoms with Crippen molar-refractivity contribution in [3.8, 4) is 0 Å². The van der Waals surface area contributed by atoms with Gasteiger partial charge in [0.25, 0.3) is 0 Å². The van der Waals surface area contributed by atoms with Gasteiger partial charge in [0.15, 0.2) is 11.5 Å². The first-order valence-corrected chi connectivity index (χ1v) is 5.89. The molecule has 0 aliphatic rings. The third-order valence-electron chi connectivity index (χ3n) is 2.11. The summed E-state index contributed by atoms with van der Waals surface area (Å²) in [5, 5.41) is 3.38. The molecule has 2 aromatic heterocycles. The van der Waals surface area contributed by atoms with Crippen molar-refractivity contribution in [1.82, 2.24) is 19.9 Å². The number of aromatic nitrogens is 4. The number of aromatic amines is 1. The molecule has 86 valence electrons. The lowest BCUT2D eigenvalue weighted by Crippen LogP contribution is -2.05. The van der Waals surface area contributed by atoms with Crippen molar-refractivity contribution in [3.05, 3.63) is 11.6 Å². The van der Waals surface area contributed by atoms with Crippen LogP contribution in [-0.2, 0) is 0 Å². The van der Waals surface area contributed by atoms with Crippen LogP contribution in [0.3, 0.4) is 0 Å². The van der Waals surface area contributed by atoms with Gasteiger partial charge >= 0.3 is 0 Å². The van der Waals surface area contributed by atoms with Crippen LogP contribution in [0, 0.1) is 0 Å². The third kappa shape index (κ3) is 2.54. The maximum absolute atomic E-state index is 5.78. The minimum absolute atomic E-state index is 0.194. The van der Waals surface area contributed by atoms with E-state index in [4.69, 9.17) is 23.2 Å². The lowest BCUT2D eigenvalue weighted by atomic mass is 10.3. The van der Waals surface area contributed by atoms with Gasteiger partial charge in [-0.15, -0.1) is 11.6 Å². The van der Waals surface area contributed by atoms with E-state index in [1.807, 2.05) is 0 Å². The van der Waals surface area contributed by atoms with Crippen molar-refractivity contribution in [2.24, 2.45) is 0 Å². The Balaban J connectivity index is 2.12. The van der Waals surface area contributed by atoms with E-state index in [0.29, 0.717) is 17.3 Å². The SMILES string of the molecule is ClCCCCNc1nc(Cl)nc2nc[nH]c12. The normalized spacial score (nSPS) is 10.9. The minimum Gasteiger partial charge on any atom is -0.368 e. The highest BCUT2D eigenvalue weighted by Crippen LogP contribution is 2.18. The number of alkyl halides is 1. The summed E-state index contributed by atoms with van der Waals surface area (Å²) in [5.74, 6) is 1.35. The minimum atomic E-state index is 0.194. The largest absolute Gasteiger partial charge is 0.368 e. The number of rotatable bonds is 5. The van der Waals surface area contributed by atoms with Gasteiger partial charge in [-0.2, -0.15) is 9.97 Å². The average molecular weight is 260 g/mol. The predicted molar refractivity (Wildman–Crippen MR) is 65.1 cm³/mol. The summed E-state index contributed by atoms with van der Waals surface area (Å²) < 4.78 is 0. The van der Waals surface area contributed by atoms with Gasteiger partial charge in [0.2, 0.25) is 5.28 Å². The van der Waals surface area contributed by atoms with Gasteiger partial charge in [0, 0.05) is 12.4 Å². The molecular weight excluding hydrogens is 249 g/mol. The highest BCUT2D eigenvalue weighted by Gasteiger charge is 2.07. The van der Waals surface area contributed by atoms with Gasteiger partial charge in [0.05, 0.1) is 6.33 Å². The topological polar surface area (TPSA) is 66.5 Å². The molecule has 0 unspecified atom stereocenters. The molecule has 0 saturated heterocycles. The van der Waals surface area contributed by atoms with Crippen molar-refractivity contribution in [2.75, 3.05) is 17.7 Å². The number of hydrogen-bond acceptors (Lipinski definition) is 4. The Kier molecular flexibility index (Phi) is 3.79. The first-order chi connectivity index (χ1) is 7.81. The number of nitrogens with one attached hydrogen (secondary N) is 2. The standard InChI is InChI=1S/C9H11Cl2N5/c10-3-1-2-4-12-7-6-8(14-5-13-6)16-9(11)15-7/h5H,1-4H2,(H2,12,13,14,15,16). The van der Waals surface area contributed by atoms with Gasteiger partial charge in [-0.3, -0.25) is 0 Å². The van der Waals surface area contributed by atoms with Crippen LogP contribution in [0.4, 0.5) is 5.82 Å². The number of nitrogens with zero attached hydrogens (tertiary/aromatic N) is 3. The molecular formula is C9H11Cl2N5. The van der Waals surface area contributed by atoms with Crippen LogP contribution in [0.5, 0.6) is 0 Å². The van der Waals surface area contributed by atoms with Gasteiger partial charge in [-0.1, -0.05) is 0 Å². The quantitative estimate of drug-likeness (QED) is 0.492.